The van der Waals surface area contributed by atoms with E-state index < -0.39 is 0 Å². The van der Waals surface area contributed by atoms with Crippen LogP contribution in [0.15, 0.2) is 18.2 Å². The molecule has 1 aromatic carbocycles. The van der Waals surface area contributed by atoms with E-state index >= 15 is 0 Å². The summed E-state index contributed by atoms with van der Waals surface area (Å²) in [7, 11) is 1.71. The van der Waals surface area contributed by atoms with Crippen molar-refractivity contribution in [1.29, 1.82) is 0 Å². The summed E-state index contributed by atoms with van der Waals surface area (Å²) in [6, 6.07) is 6.68. The Bertz CT molecular complexity index is 1040. The molecule has 1 aliphatic rings. The fourth-order valence-corrected chi connectivity index (χ4v) is 4.49. The summed E-state index contributed by atoms with van der Waals surface area (Å²) >= 11 is 0. The van der Waals surface area contributed by atoms with Gasteiger partial charge in [0.05, 0.1) is 12.8 Å². The van der Waals surface area contributed by atoms with Crippen LogP contribution < -0.4 is 10.1 Å². The first-order valence-electron chi connectivity index (χ1n) is 10.9. The van der Waals surface area contributed by atoms with Gasteiger partial charge in [0, 0.05) is 22.9 Å². The lowest BCUT2D eigenvalue weighted by Crippen LogP contribution is -2.23. The van der Waals surface area contributed by atoms with Gasteiger partial charge in [0.15, 0.2) is 5.65 Å². The normalized spacial score (nSPS) is 13.3. The van der Waals surface area contributed by atoms with Crippen LogP contribution >= 0.6 is 12.4 Å². The van der Waals surface area contributed by atoms with Crippen LogP contribution in [0.25, 0.3) is 16.8 Å². The summed E-state index contributed by atoms with van der Waals surface area (Å²) < 4.78 is 7.47. The maximum atomic E-state index is 5.40. The number of aryl methyl sites for hydroxylation is 3. The zero-order chi connectivity index (χ0) is 20.5. The highest BCUT2D eigenvalue weighted by atomic mass is 35.5. The Hall–Kier alpha value is -2.27. The second-order valence-electron chi connectivity index (χ2n) is 8.13. The highest BCUT2D eigenvalue weighted by Gasteiger charge is 2.24. The summed E-state index contributed by atoms with van der Waals surface area (Å²) in [5.74, 6) is 2.03. The minimum atomic E-state index is 0. The van der Waals surface area contributed by atoms with E-state index in [9.17, 15) is 0 Å². The van der Waals surface area contributed by atoms with Gasteiger partial charge in [0.2, 0.25) is 0 Å². The predicted octanol–water partition coefficient (Wildman–Crippen LogP) is 5.92. The third kappa shape index (κ3) is 3.87. The molecule has 0 aliphatic heterocycles. The van der Waals surface area contributed by atoms with Crippen molar-refractivity contribution in [3.8, 4) is 16.9 Å². The maximum absolute atomic E-state index is 5.40. The molecule has 30 heavy (non-hydrogen) atoms. The average molecular weight is 429 g/mol. The molecule has 0 atom stereocenters. The van der Waals surface area contributed by atoms with Crippen LogP contribution in [0.2, 0.25) is 0 Å². The molecule has 0 saturated carbocycles. The first-order valence-corrected chi connectivity index (χ1v) is 10.9. The van der Waals surface area contributed by atoms with Crippen LogP contribution in [0.1, 0.15) is 62.0 Å². The molecule has 0 spiro atoms. The number of benzene rings is 1. The van der Waals surface area contributed by atoms with Gasteiger partial charge in [-0.1, -0.05) is 19.9 Å². The lowest BCUT2D eigenvalue weighted by atomic mass is 9.95. The van der Waals surface area contributed by atoms with Crippen LogP contribution in [-0.2, 0) is 12.8 Å². The van der Waals surface area contributed by atoms with Gasteiger partial charge in [0.1, 0.15) is 11.6 Å². The smallest absolute Gasteiger partial charge is 0.165 e. The van der Waals surface area contributed by atoms with Gasteiger partial charge in [-0.15, -0.1) is 12.4 Å². The minimum Gasteiger partial charge on any atom is -0.497 e. The molecule has 2 heterocycles. The van der Waals surface area contributed by atoms with E-state index in [1.807, 2.05) is 6.07 Å². The first kappa shape index (κ1) is 22.4. The van der Waals surface area contributed by atoms with E-state index in [-0.39, 0.29) is 12.4 Å². The van der Waals surface area contributed by atoms with E-state index in [0.717, 1.165) is 54.2 Å². The number of rotatable bonds is 6. The third-order valence-electron chi connectivity index (χ3n) is 6.24. The van der Waals surface area contributed by atoms with Gasteiger partial charge < -0.3 is 10.1 Å². The molecule has 4 rings (SSSR count). The highest BCUT2D eigenvalue weighted by Crippen LogP contribution is 2.36. The van der Waals surface area contributed by atoms with Crippen molar-refractivity contribution >= 4 is 23.9 Å². The summed E-state index contributed by atoms with van der Waals surface area (Å²) in [6.07, 6.45) is 6.76. The van der Waals surface area contributed by atoms with Gasteiger partial charge >= 0.3 is 0 Å². The molecule has 5 nitrogen and oxygen atoms in total. The topological polar surface area (TPSA) is 51.5 Å². The van der Waals surface area contributed by atoms with Gasteiger partial charge in [0.25, 0.3) is 0 Å². The molecule has 0 radical (unpaired) electrons. The van der Waals surface area contributed by atoms with Gasteiger partial charge in [-0.25, -0.2) is 4.98 Å². The molecule has 0 amide bonds. The van der Waals surface area contributed by atoms with Crippen molar-refractivity contribution in [3.05, 3.63) is 40.7 Å². The minimum absolute atomic E-state index is 0. The van der Waals surface area contributed by atoms with Crippen molar-refractivity contribution in [3.63, 3.8) is 0 Å². The molecule has 0 saturated heterocycles. The van der Waals surface area contributed by atoms with Crippen LogP contribution in [0, 0.1) is 13.8 Å². The largest absolute Gasteiger partial charge is 0.497 e. The zero-order valence-corrected chi connectivity index (χ0v) is 19.5. The average Bonchev–Trinajstić information content (AvgIpc) is 3.06. The molecule has 0 fully saturated rings. The Balaban J connectivity index is 0.00000256. The Morgan fingerprint density at radius 1 is 1.13 bits per heavy atom. The van der Waals surface area contributed by atoms with E-state index in [2.05, 4.69) is 49.7 Å². The van der Waals surface area contributed by atoms with Gasteiger partial charge in [-0.3, -0.25) is 0 Å². The Labute approximate surface area is 185 Å². The molecule has 1 N–H and O–H groups in total. The molecule has 2 aromatic heterocycles. The van der Waals surface area contributed by atoms with E-state index in [4.69, 9.17) is 14.8 Å². The fourth-order valence-electron chi connectivity index (χ4n) is 4.49. The number of halogens is 1. The number of hydrogen-bond donors (Lipinski definition) is 1. The zero-order valence-electron chi connectivity index (χ0n) is 18.7. The lowest BCUT2D eigenvalue weighted by molar-refractivity contribution is 0.414. The van der Waals surface area contributed by atoms with Crippen molar-refractivity contribution in [2.75, 3.05) is 12.4 Å². The summed E-state index contributed by atoms with van der Waals surface area (Å²) in [5.41, 5.74) is 8.06. The lowest BCUT2D eigenvalue weighted by Gasteiger charge is -2.24. The Morgan fingerprint density at radius 3 is 2.53 bits per heavy atom. The Kier molecular flexibility index (Phi) is 6.91. The highest BCUT2D eigenvalue weighted by molar-refractivity contribution is 5.85. The van der Waals surface area contributed by atoms with E-state index in [0.29, 0.717) is 6.04 Å². The first-order chi connectivity index (χ1) is 14.1. The number of anilines is 1. The second kappa shape index (κ2) is 9.25. The molecular formula is C24H33ClN4O. The molecule has 0 bridgehead atoms. The van der Waals surface area contributed by atoms with Crippen LogP contribution in [-0.4, -0.2) is 27.7 Å². The van der Waals surface area contributed by atoms with E-state index in [1.165, 1.54) is 35.2 Å². The molecule has 162 valence electrons. The summed E-state index contributed by atoms with van der Waals surface area (Å²) in [5, 5.41) is 8.78. The number of nitrogens with one attached hydrogen (secondary N) is 1. The number of fused-ring (bicyclic) bond motifs is 2. The number of aromatic nitrogens is 3. The monoisotopic (exact) mass is 428 g/mol. The summed E-state index contributed by atoms with van der Waals surface area (Å²) in [6.45, 7) is 8.70. The van der Waals surface area contributed by atoms with Crippen LogP contribution in [0.3, 0.4) is 0 Å². The van der Waals surface area contributed by atoms with E-state index in [1.54, 1.807) is 7.11 Å². The molecule has 1 aliphatic carbocycles. The number of nitrogens with zero attached hydrogens (tertiary/aromatic N) is 3. The van der Waals surface area contributed by atoms with Crippen molar-refractivity contribution in [2.45, 2.75) is 72.3 Å². The quantitative estimate of drug-likeness (QED) is 0.529. The van der Waals surface area contributed by atoms with Crippen molar-refractivity contribution < 1.29 is 4.74 Å². The third-order valence-corrected chi connectivity index (χ3v) is 6.24. The summed E-state index contributed by atoms with van der Waals surface area (Å²) in [4.78, 5) is 5.15. The number of ether oxygens (including phenoxy) is 1. The SMILES string of the molecule is CCC(CC)Nc1c2c(nc3c(-c4ccc(OC)cc4C)c(C)nn13)CCCC2.Cl. The van der Waals surface area contributed by atoms with Crippen molar-refractivity contribution in [1.82, 2.24) is 14.6 Å². The van der Waals surface area contributed by atoms with Gasteiger partial charge in [-0.2, -0.15) is 9.61 Å². The van der Waals surface area contributed by atoms with Crippen molar-refractivity contribution in [2.24, 2.45) is 0 Å². The van der Waals surface area contributed by atoms with Crippen LogP contribution in [0.5, 0.6) is 5.75 Å². The molecule has 3 aromatic rings. The number of methoxy groups -OCH3 is 1. The standard InChI is InChI=1S/C24H32N4O.ClH/c1-6-17(7-2)25-23-20-10-8-9-11-21(20)26-24-22(16(4)27-28(23)24)19-13-12-18(29-5)14-15(19)3;/h12-14,17,25H,6-11H2,1-5H3;1H. The molecule has 6 heteroatoms. The fraction of sp³-hybridized carbons (Fsp3) is 0.500. The number of hydrogen-bond acceptors (Lipinski definition) is 4. The molecule has 0 unspecified atom stereocenters. The maximum Gasteiger partial charge on any atom is 0.165 e. The predicted molar refractivity (Wildman–Crippen MR) is 126 cm³/mol. The van der Waals surface area contributed by atoms with Crippen LogP contribution in [0.4, 0.5) is 5.82 Å². The second-order valence-corrected chi connectivity index (χ2v) is 8.13. The van der Waals surface area contributed by atoms with Gasteiger partial charge in [-0.05, 0) is 75.6 Å². The Morgan fingerprint density at radius 2 is 1.87 bits per heavy atom. The molecular weight excluding hydrogens is 396 g/mol.